The van der Waals surface area contributed by atoms with Gasteiger partial charge in [0.15, 0.2) is 0 Å². The van der Waals surface area contributed by atoms with Crippen molar-refractivity contribution in [2.45, 2.75) is 37.8 Å². The first-order chi connectivity index (χ1) is 16.7. The predicted molar refractivity (Wildman–Crippen MR) is 131 cm³/mol. The Morgan fingerprint density at radius 1 is 0.971 bits per heavy atom. The van der Waals surface area contributed by atoms with Gasteiger partial charge in [0.2, 0.25) is 5.91 Å². The van der Waals surface area contributed by atoms with Crippen LogP contribution >= 0.6 is 0 Å². The van der Waals surface area contributed by atoms with Crippen LogP contribution < -0.4 is 19.5 Å². The summed E-state index contributed by atoms with van der Waals surface area (Å²) in [6.07, 6.45) is 0.00984. The average molecular weight is 476 g/mol. The minimum atomic E-state index is -1.00. The first-order valence-corrected chi connectivity index (χ1v) is 11.4. The highest BCUT2D eigenvalue weighted by atomic mass is 16.5. The van der Waals surface area contributed by atoms with E-state index in [2.05, 4.69) is 5.32 Å². The Labute approximate surface area is 204 Å². The van der Waals surface area contributed by atoms with E-state index in [4.69, 9.17) is 14.2 Å². The molecule has 1 heterocycles. The number of carboxylic acid groups (broad SMARTS) is 1. The number of carbonyl (C=O) groups is 2. The molecule has 0 saturated heterocycles. The largest absolute Gasteiger partial charge is 0.497 e. The molecule has 35 heavy (non-hydrogen) atoms. The van der Waals surface area contributed by atoms with Crippen LogP contribution in [0, 0.1) is 0 Å². The van der Waals surface area contributed by atoms with Gasteiger partial charge in [0.25, 0.3) is 0 Å². The van der Waals surface area contributed by atoms with Crippen LogP contribution in [0.15, 0.2) is 66.7 Å². The van der Waals surface area contributed by atoms with E-state index >= 15 is 0 Å². The zero-order chi connectivity index (χ0) is 25.2. The van der Waals surface area contributed by atoms with E-state index in [-0.39, 0.29) is 17.5 Å². The third kappa shape index (κ3) is 4.94. The predicted octanol–water partition coefficient (Wildman–Crippen LogP) is 5.06. The van der Waals surface area contributed by atoms with Gasteiger partial charge in [0.05, 0.1) is 31.2 Å². The number of benzene rings is 3. The van der Waals surface area contributed by atoms with Gasteiger partial charge < -0.3 is 24.6 Å². The number of hydrogen-bond donors (Lipinski definition) is 2. The summed E-state index contributed by atoms with van der Waals surface area (Å²) in [6.45, 7) is 3.76. The molecule has 0 spiro atoms. The van der Waals surface area contributed by atoms with Gasteiger partial charge >= 0.3 is 5.97 Å². The van der Waals surface area contributed by atoms with Gasteiger partial charge in [-0.3, -0.25) is 4.79 Å². The molecule has 7 heteroatoms. The Kier molecular flexibility index (Phi) is 6.69. The number of methoxy groups -OCH3 is 2. The molecule has 0 radical (unpaired) electrons. The van der Waals surface area contributed by atoms with Crippen LogP contribution in [-0.4, -0.2) is 31.2 Å². The number of nitrogens with one attached hydrogen (secondary N) is 1. The van der Waals surface area contributed by atoms with Gasteiger partial charge in [0.1, 0.15) is 23.4 Å². The molecule has 4 rings (SSSR count). The first-order valence-electron chi connectivity index (χ1n) is 11.4. The zero-order valence-corrected chi connectivity index (χ0v) is 20.2. The van der Waals surface area contributed by atoms with Crippen LogP contribution in [0.4, 0.5) is 0 Å². The van der Waals surface area contributed by atoms with Crippen molar-refractivity contribution in [3.63, 3.8) is 0 Å². The lowest BCUT2D eigenvalue weighted by atomic mass is 9.82. The first kappa shape index (κ1) is 24.1. The summed E-state index contributed by atoms with van der Waals surface area (Å²) in [5.41, 5.74) is 1.82. The molecular weight excluding hydrogens is 446 g/mol. The number of ether oxygens (including phenoxy) is 3. The van der Waals surface area contributed by atoms with E-state index in [1.807, 2.05) is 56.3 Å². The van der Waals surface area contributed by atoms with Crippen LogP contribution in [0.2, 0.25) is 0 Å². The number of amides is 1. The summed E-state index contributed by atoms with van der Waals surface area (Å²) in [5, 5.41) is 12.6. The monoisotopic (exact) mass is 475 g/mol. The second-order valence-corrected chi connectivity index (χ2v) is 9.06. The molecule has 1 aliphatic heterocycles. The number of hydrogen-bond acceptors (Lipinski definition) is 5. The molecule has 0 aliphatic carbocycles. The lowest BCUT2D eigenvalue weighted by molar-refractivity contribution is -0.126. The second kappa shape index (κ2) is 9.70. The van der Waals surface area contributed by atoms with E-state index in [0.717, 1.165) is 22.4 Å². The second-order valence-electron chi connectivity index (χ2n) is 9.06. The van der Waals surface area contributed by atoms with E-state index < -0.39 is 17.5 Å². The summed E-state index contributed by atoms with van der Waals surface area (Å²) in [5.74, 6) is 0.815. The highest BCUT2D eigenvalue weighted by molar-refractivity contribution is 5.88. The molecular formula is C28H29NO6. The summed E-state index contributed by atoms with van der Waals surface area (Å²) in [6, 6.07) is 19.3. The number of fused-ring (bicyclic) bond motifs is 1. The van der Waals surface area contributed by atoms with Gasteiger partial charge in [-0.05, 0) is 61.4 Å². The third-order valence-electron chi connectivity index (χ3n) is 6.51. The molecule has 7 nitrogen and oxygen atoms in total. The van der Waals surface area contributed by atoms with E-state index in [0.29, 0.717) is 17.9 Å². The fourth-order valence-corrected chi connectivity index (χ4v) is 4.26. The van der Waals surface area contributed by atoms with Gasteiger partial charge in [-0.2, -0.15) is 0 Å². The van der Waals surface area contributed by atoms with Crippen LogP contribution in [0.25, 0.3) is 0 Å². The van der Waals surface area contributed by atoms with Crippen LogP contribution in [-0.2, 0) is 10.2 Å². The Bertz CT molecular complexity index is 1230. The van der Waals surface area contributed by atoms with Crippen molar-refractivity contribution in [2.75, 3.05) is 14.2 Å². The third-order valence-corrected chi connectivity index (χ3v) is 6.51. The lowest BCUT2D eigenvalue weighted by Gasteiger charge is -2.35. The molecule has 182 valence electrons. The van der Waals surface area contributed by atoms with Crippen LogP contribution in [0.5, 0.6) is 17.2 Å². The lowest BCUT2D eigenvalue weighted by Crippen LogP contribution is -2.43. The minimum absolute atomic E-state index is 0.130. The molecule has 0 bridgehead atoms. The van der Waals surface area contributed by atoms with Crippen molar-refractivity contribution in [2.24, 2.45) is 0 Å². The smallest absolute Gasteiger partial charge is 0.335 e. The molecule has 1 amide bonds. The van der Waals surface area contributed by atoms with Crippen LogP contribution in [0.3, 0.4) is 0 Å². The van der Waals surface area contributed by atoms with E-state index in [1.165, 1.54) is 0 Å². The topological polar surface area (TPSA) is 94.1 Å². The maximum atomic E-state index is 13.5. The maximum absolute atomic E-state index is 13.5. The number of carboxylic acids is 1. The van der Waals surface area contributed by atoms with Gasteiger partial charge in [-0.15, -0.1) is 0 Å². The van der Waals surface area contributed by atoms with Crippen molar-refractivity contribution >= 4 is 11.9 Å². The van der Waals surface area contributed by atoms with Crippen molar-refractivity contribution < 1.29 is 28.9 Å². The Morgan fingerprint density at radius 3 is 2.31 bits per heavy atom. The summed E-state index contributed by atoms with van der Waals surface area (Å²) in [4.78, 5) is 25.0. The molecule has 2 N–H and O–H groups in total. The Morgan fingerprint density at radius 2 is 1.66 bits per heavy atom. The normalized spacial score (nSPS) is 17.0. The average Bonchev–Trinajstić information content (AvgIpc) is 2.88. The number of aromatic carboxylic acids is 1. The van der Waals surface area contributed by atoms with E-state index in [1.54, 1.807) is 38.5 Å². The standard InChI is InChI=1S/C28H29NO6/c1-28(2,19-8-10-20(33-3)11-9-19)27(32)29-23-16-24(17-6-5-7-18(14-17)26(30)31)35-25-15-21(34-4)12-13-22(23)25/h5-15,23-24H,16H2,1-4H3,(H,29,32)(H,30,31)/t23-,24-/m1/s1. The molecule has 0 fully saturated rings. The molecule has 1 aliphatic rings. The molecule has 3 aromatic carbocycles. The van der Waals surface area contributed by atoms with Gasteiger partial charge in [-0.1, -0.05) is 24.3 Å². The summed E-state index contributed by atoms with van der Waals surface area (Å²) in [7, 11) is 3.18. The van der Waals surface area contributed by atoms with Crippen molar-refractivity contribution in [3.8, 4) is 17.2 Å². The fourth-order valence-electron chi connectivity index (χ4n) is 4.26. The molecule has 2 atom stereocenters. The Hall–Kier alpha value is -4.00. The number of carbonyl (C=O) groups excluding carboxylic acids is 1. The maximum Gasteiger partial charge on any atom is 0.335 e. The summed E-state index contributed by atoms with van der Waals surface area (Å²) >= 11 is 0. The van der Waals surface area contributed by atoms with Crippen molar-refractivity contribution in [1.29, 1.82) is 0 Å². The van der Waals surface area contributed by atoms with Crippen LogP contribution in [0.1, 0.15) is 59.5 Å². The molecule has 3 aromatic rings. The highest BCUT2D eigenvalue weighted by Crippen LogP contribution is 2.43. The van der Waals surface area contributed by atoms with Gasteiger partial charge in [-0.25, -0.2) is 4.79 Å². The van der Waals surface area contributed by atoms with Crippen molar-refractivity contribution in [1.82, 2.24) is 5.32 Å². The molecule has 0 aromatic heterocycles. The molecule has 0 saturated carbocycles. The van der Waals surface area contributed by atoms with Crippen molar-refractivity contribution in [3.05, 3.63) is 89.0 Å². The fraction of sp³-hybridized carbons (Fsp3) is 0.286. The SMILES string of the molecule is COc1ccc(C(C)(C)C(=O)N[C@@H]2C[C@H](c3cccc(C(=O)O)c3)Oc3cc(OC)ccc32)cc1. The minimum Gasteiger partial charge on any atom is -0.497 e. The number of rotatable bonds is 7. The van der Waals surface area contributed by atoms with E-state index in [9.17, 15) is 14.7 Å². The Balaban J connectivity index is 1.65. The quantitative estimate of drug-likeness (QED) is 0.496. The molecule has 0 unspecified atom stereocenters. The summed E-state index contributed by atoms with van der Waals surface area (Å²) < 4.78 is 16.9. The highest BCUT2D eigenvalue weighted by Gasteiger charge is 2.36. The van der Waals surface area contributed by atoms with Gasteiger partial charge in [0, 0.05) is 18.1 Å². The zero-order valence-electron chi connectivity index (χ0n) is 20.2.